The van der Waals surface area contributed by atoms with E-state index in [0.717, 1.165) is 9.80 Å². The van der Waals surface area contributed by atoms with E-state index in [1.807, 2.05) is 0 Å². The molecule has 1 rings (SSSR count). The molecular formula is C15H24N2O8S. The lowest BCUT2D eigenvalue weighted by molar-refractivity contribution is -0.144. The van der Waals surface area contributed by atoms with Crippen molar-refractivity contribution in [3.8, 4) is 0 Å². The van der Waals surface area contributed by atoms with E-state index in [-0.39, 0.29) is 31.9 Å². The highest BCUT2D eigenvalue weighted by atomic mass is 32.2. The number of carbonyl (C=O) groups excluding carboxylic acids is 4. The van der Waals surface area contributed by atoms with Gasteiger partial charge in [0.25, 0.3) is 10.1 Å². The average molecular weight is 392 g/mol. The van der Waals surface area contributed by atoms with Crippen LogP contribution in [0.3, 0.4) is 0 Å². The molecule has 1 saturated heterocycles. The summed E-state index contributed by atoms with van der Waals surface area (Å²) in [5.74, 6) is -2.16. The first-order valence-electron chi connectivity index (χ1n) is 8.41. The zero-order chi connectivity index (χ0) is 19.7. The number of hydrogen-bond donors (Lipinski definition) is 1. The largest absolute Gasteiger partial charge is 0.466 e. The van der Waals surface area contributed by atoms with Crippen LogP contribution in [0.15, 0.2) is 0 Å². The minimum Gasteiger partial charge on any atom is -0.466 e. The topological polar surface area (TPSA) is 138 Å². The first kappa shape index (κ1) is 22.0. The van der Waals surface area contributed by atoms with E-state index in [1.54, 1.807) is 6.92 Å². The molecule has 11 heteroatoms. The zero-order valence-electron chi connectivity index (χ0n) is 14.7. The molecule has 4 amide bonds. The van der Waals surface area contributed by atoms with Gasteiger partial charge in [-0.25, -0.2) is 4.79 Å². The molecule has 0 aromatic carbocycles. The molecule has 1 N–H and O–H groups in total. The van der Waals surface area contributed by atoms with E-state index in [0.29, 0.717) is 25.9 Å². The van der Waals surface area contributed by atoms with Crippen molar-refractivity contribution in [2.75, 3.05) is 25.4 Å². The predicted molar refractivity (Wildman–Crippen MR) is 89.6 cm³/mol. The Balaban J connectivity index is 2.46. The van der Waals surface area contributed by atoms with E-state index < -0.39 is 40.1 Å². The molecule has 148 valence electrons. The summed E-state index contributed by atoms with van der Waals surface area (Å²) in [5.41, 5.74) is 0. The Labute approximate surface area is 152 Å². The number of hydrogen-bond acceptors (Lipinski definition) is 7. The zero-order valence-corrected chi connectivity index (χ0v) is 15.5. The first-order valence-corrected chi connectivity index (χ1v) is 10.0. The predicted octanol–water partition coefficient (Wildman–Crippen LogP) is 0.569. The van der Waals surface area contributed by atoms with E-state index in [1.165, 1.54) is 0 Å². The normalized spacial score (nSPS) is 15.5. The molecule has 0 aliphatic carbocycles. The summed E-state index contributed by atoms with van der Waals surface area (Å²) in [6.07, 6.45) is 1.33. The summed E-state index contributed by atoms with van der Waals surface area (Å²) < 4.78 is 34.9. The van der Waals surface area contributed by atoms with Gasteiger partial charge in [-0.2, -0.15) is 8.42 Å². The smallest absolute Gasteiger partial charge is 0.333 e. The van der Waals surface area contributed by atoms with Gasteiger partial charge in [-0.1, -0.05) is 6.42 Å². The van der Waals surface area contributed by atoms with E-state index in [4.69, 9.17) is 9.29 Å². The Morgan fingerprint density at radius 2 is 1.62 bits per heavy atom. The number of unbranched alkanes of at least 4 members (excludes halogenated alkanes) is 2. The minimum absolute atomic E-state index is 0.113. The van der Waals surface area contributed by atoms with Crippen molar-refractivity contribution in [1.82, 2.24) is 9.80 Å². The molecule has 0 radical (unpaired) electrons. The Bertz CT molecular complexity index is 646. The van der Waals surface area contributed by atoms with Crippen LogP contribution in [0.4, 0.5) is 4.79 Å². The molecule has 0 spiro atoms. The fourth-order valence-corrected chi connectivity index (χ4v) is 2.97. The number of urea groups is 1. The highest BCUT2D eigenvalue weighted by Crippen LogP contribution is 2.15. The second-order valence-electron chi connectivity index (χ2n) is 5.81. The monoisotopic (exact) mass is 392 g/mol. The standard InChI is InChI=1S/C15H24N2O8S/c1-2-25-14(20)7-4-3-5-8-16-12(18)11-13(19)17(15(16)21)9-6-10-26(22,23)24/h2-11H2,1H3,(H,22,23,24). The average Bonchev–Trinajstić information content (AvgIpc) is 2.52. The number of amides is 4. The summed E-state index contributed by atoms with van der Waals surface area (Å²) in [7, 11) is -4.18. The molecule has 0 bridgehead atoms. The van der Waals surface area contributed by atoms with Gasteiger partial charge in [-0.05, 0) is 26.2 Å². The van der Waals surface area contributed by atoms with Crippen molar-refractivity contribution in [2.45, 2.75) is 45.4 Å². The third kappa shape index (κ3) is 7.48. The van der Waals surface area contributed by atoms with Crippen LogP contribution >= 0.6 is 0 Å². The van der Waals surface area contributed by atoms with Crippen LogP contribution in [0.1, 0.15) is 45.4 Å². The summed E-state index contributed by atoms with van der Waals surface area (Å²) >= 11 is 0. The van der Waals surface area contributed by atoms with Gasteiger partial charge in [0.15, 0.2) is 0 Å². The number of esters is 1. The molecule has 0 saturated carbocycles. The Morgan fingerprint density at radius 3 is 2.15 bits per heavy atom. The Morgan fingerprint density at radius 1 is 1.04 bits per heavy atom. The summed E-state index contributed by atoms with van der Waals surface area (Å²) in [4.78, 5) is 49.0. The molecule has 26 heavy (non-hydrogen) atoms. The molecule has 1 fully saturated rings. The highest BCUT2D eigenvalue weighted by molar-refractivity contribution is 7.85. The maximum Gasteiger partial charge on any atom is 0.333 e. The number of carbonyl (C=O) groups is 4. The van der Waals surface area contributed by atoms with Crippen molar-refractivity contribution < 1.29 is 36.9 Å². The number of nitrogens with zero attached hydrogens (tertiary/aromatic N) is 2. The number of rotatable bonds is 11. The Hall–Kier alpha value is -2.01. The second kappa shape index (κ2) is 10.2. The number of imide groups is 2. The van der Waals surface area contributed by atoms with Gasteiger partial charge in [0.2, 0.25) is 11.8 Å². The highest BCUT2D eigenvalue weighted by Gasteiger charge is 2.37. The molecule has 0 unspecified atom stereocenters. The van der Waals surface area contributed by atoms with Gasteiger partial charge in [-0.3, -0.25) is 28.7 Å². The van der Waals surface area contributed by atoms with Gasteiger partial charge in [-0.15, -0.1) is 0 Å². The number of barbiturate groups is 1. The lowest BCUT2D eigenvalue weighted by Crippen LogP contribution is -2.55. The lowest BCUT2D eigenvalue weighted by atomic mass is 10.1. The van der Waals surface area contributed by atoms with Gasteiger partial charge in [0.1, 0.15) is 6.42 Å². The number of ether oxygens (including phenoxy) is 1. The fourth-order valence-electron chi connectivity index (χ4n) is 2.47. The molecule has 1 aliphatic rings. The van der Waals surface area contributed by atoms with Gasteiger partial charge in [0.05, 0.1) is 12.4 Å². The van der Waals surface area contributed by atoms with Crippen LogP contribution in [-0.2, 0) is 29.2 Å². The lowest BCUT2D eigenvalue weighted by Gasteiger charge is -2.32. The van der Waals surface area contributed by atoms with Crippen LogP contribution in [0.2, 0.25) is 0 Å². The van der Waals surface area contributed by atoms with Gasteiger partial charge in [0, 0.05) is 19.5 Å². The van der Waals surface area contributed by atoms with Gasteiger partial charge >= 0.3 is 12.0 Å². The third-order valence-electron chi connectivity index (χ3n) is 3.72. The maximum atomic E-state index is 12.3. The minimum atomic E-state index is -4.18. The molecule has 0 aromatic heterocycles. The van der Waals surface area contributed by atoms with E-state index in [9.17, 15) is 27.6 Å². The second-order valence-corrected chi connectivity index (χ2v) is 7.38. The van der Waals surface area contributed by atoms with Crippen LogP contribution in [-0.4, -0.2) is 72.0 Å². The molecule has 1 heterocycles. The summed E-state index contributed by atoms with van der Waals surface area (Å²) in [6, 6.07) is -0.785. The SMILES string of the molecule is CCOC(=O)CCCCCN1C(=O)CC(=O)N(CCCS(=O)(=O)O)C1=O. The molecule has 0 aromatic rings. The summed E-state index contributed by atoms with van der Waals surface area (Å²) in [6.45, 7) is 1.96. The molecular weight excluding hydrogens is 368 g/mol. The van der Waals surface area contributed by atoms with Crippen molar-refractivity contribution in [3.05, 3.63) is 0 Å². The van der Waals surface area contributed by atoms with Crippen molar-refractivity contribution in [3.63, 3.8) is 0 Å². The first-order chi connectivity index (χ1) is 12.2. The van der Waals surface area contributed by atoms with Crippen LogP contribution in [0.5, 0.6) is 0 Å². The third-order valence-corrected chi connectivity index (χ3v) is 4.52. The summed E-state index contributed by atoms with van der Waals surface area (Å²) in [5, 5.41) is 0. The van der Waals surface area contributed by atoms with Crippen LogP contribution in [0, 0.1) is 0 Å². The van der Waals surface area contributed by atoms with Gasteiger partial charge < -0.3 is 4.74 Å². The quantitative estimate of drug-likeness (QED) is 0.233. The van der Waals surface area contributed by atoms with Crippen LogP contribution in [0.25, 0.3) is 0 Å². The van der Waals surface area contributed by atoms with E-state index >= 15 is 0 Å². The van der Waals surface area contributed by atoms with Crippen LogP contribution < -0.4 is 0 Å². The fraction of sp³-hybridized carbons (Fsp3) is 0.733. The maximum absolute atomic E-state index is 12.3. The van der Waals surface area contributed by atoms with Crippen molar-refractivity contribution >= 4 is 33.9 Å². The van der Waals surface area contributed by atoms with Crippen molar-refractivity contribution in [2.24, 2.45) is 0 Å². The molecule has 10 nitrogen and oxygen atoms in total. The molecule has 1 aliphatic heterocycles. The van der Waals surface area contributed by atoms with Crippen molar-refractivity contribution in [1.29, 1.82) is 0 Å². The molecule has 0 atom stereocenters. The van der Waals surface area contributed by atoms with E-state index in [2.05, 4.69) is 0 Å². The Kier molecular flexibility index (Phi) is 8.66.